The summed E-state index contributed by atoms with van der Waals surface area (Å²) in [5.74, 6) is -1.00. The highest BCUT2D eigenvalue weighted by Gasteiger charge is 2.11. The molecule has 6 nitrogen and oxygen atoms in total. The molecule has 0 aliphatic heterocycles. The molecule has 0 aliphatic rings. The molecule has 0 fully saturated rings. The number of hydrogen-bond donors (Lipinski definition) is 1. The lowest BCUT2D eigenvalue weighted by atomic mass is 10.4. The highest BCUT2D eigenvalue weighted by atomic mass is 79.9. The van der Waals surface area contributed by atoms with Crippen LogP contribution < -0.4 is 5.56 Å². The Morgan fingerprint density at radius 1 is 1.53 bits per heavy atom. The Bertz CT molecular complexity index is 617. The molecule has 0 saturated carbocycles. The van der Waals surface area contributed by atoms with E-state index in [0.29, 0.717) is 4.60 Å². The zero-order chi connectivity index (χ0) is 12.4. The number of pyridine rings is 1. The summed E-state index contributed by atoms with van der Waals surface area (Å²) in [6, 6.07) is 4.70. The molecular weight excluding hydrogens is 292 g/mol. The number of nitrogens with zero attached hydrogens (tertiary/aromatic N) is 2. The van der Waals surface area contributed by atoms with Crippen molar-refractivity contribution in [1.29, 1.82) is 0 Å². The molecule has 0 bridgehead atoms. The van der Waals surface area contributed by atoms with Gasteiger partial charge in [0.15, 0.2) is 5.69 Å². The van der Waals surface area contributed by atoms with Gasteiger partial charge in [-0.2, -0.15) is 0 Å². The smallest absolute Gasteiger partial charge is 0.357 e. The first-order chi connectivity index (χ1) is 8.08. The van der Waals surface area contributed by atoms with Gasteiger partial charge in [-0.15, -0.1) is 0 Å². The maximum atomic E-state index is 11.5. The molecule has 2 heterocycles. The van der Waals surface area contributed by atoms with Crippen molar-refractivity contribution in [3.63, 3.8) is 0 Å². The summed E-state index contributed by atoms with van der Waals surface area (Å²) in [5, 5.41) is 8.67. The van der Waals surface area contributed by atoms with E-state index in [1.807, 2.05) is 0 Å². The van der Waals surface area contributed by atoms with Crippen LogP contribution in [0.15, 0.2) is 38.3 Å². The summed E-state index contributed by atoms with van der Waals surface area (Å²) in [7, 11) is 0. The molecule has 0 spiro atoms. The highest BCUT2D eigenvalue weighted by molar-refractivity contribution is 9.10. The number of rotatable bonds is 3. The van der Waals surface area contributed by atoms with Crippen molar-refractivity contribution in [1.82, 2.24) is 9.55 Å². The van der Waals surface area contributed by atoms with Crippen LogP contribution in [-0.2, 0) is 6.54 Å². The number of hydrogen-bond acceptors (Lipinski definition) is 4. The topological polar surface area (TPSA) is 85.3 Å². The van der Waals surface area contributed by atoms with E-state index in [9.17, 15) is 9.59 Å². The first kappa shape index (κ1) is 11.6. The number of carboxylic acid groups (broad SMARTS) is 1. The molecule has 0 amide bonds. The van der Waals surface area contributed by atoms with Crippen molar-refractivity contribution in [3.8, 4) is 0 Å². The molecule has 2 rings (SSSR count). The standard InChI is InChI=1S/C10H7BrN2O4/c11-7-2-1-3-9(14)13(7)4-8-12-6(5-17-8)10(15)16/h1-3,5H,4H2,(H,15,16). The van der Waals surface area contributed by atoms with Crippen LogP contribution in [0.2, 0.25) is 0 Å². The van der Waals surface area contributed by atoms with Crippen LogP contribution in [0.4, 0.5) is 0 Å². The molecular formula is C10H7BrN2O4. The third kappa shape index (κ3) is 2.44. The number of oxazole rings is 1. The van der Waals surface area contributed by atoms with Crippen LogP contribution in [0.1, 0.15) is 16.4 Å². The molecule has 7 heteroatoms. The van der Waals surface area contributed by atoms with Gasteiger partial charge in [-0.1, -0.05) is 6.07 Å². The second-order valence-corrected chi connectivity index (χ2v) is 4.02. The Hall–Kier alpha value is -1.89. The Labute approximate surface area is 104 Å². The van der Waals surface area contributed by atoms with Gasteiger partial charge in [0.2, 0.25) is 5.89 Å². The van der Waals surface area contributed by atoms with Gasteiger partial charge in [0.05, 0.1) is 4.60 Å². The molecule has 1 N–H and O–H groups in total. The van der Waals surface area contributed by atoms with Crippen molar-refractivity contribution >= 4 is 21.9 Å². The normalized spacial score (nSPS) is 10.4. The van der Waals surface area contributed by atoms with Crippen molar-refractivity contribution in [2.45, 2.75) is 6.54 Å². The quantitative estimate of drug-likeness (QED) is 0.865. The first-order valence-electron chi connectivity index (χ1n) is 4.61. The van der Waals surface area contributed by atoms with Crippen LogP contribution >= 0.6 is 15.9 Å². The number of carboxylic acids is 1. The Kier molecular flexibility index (Phi) is 3.10. The number of aromatic nitrogens is 2. The second-order valence-electron chi connectivity index (χ2n) is 3.20. The second kappa shape index (κ2) is 4.54. The third-order valence-electron chi connectivity index (χ3n) is 2.06. The van der Waals surface area contributed by atoms with E-state index in [-0.39, 0.29) is 23.7 Å². The minimum Gasteiger partial charge on any atom is -0.476 e. The summed E-state index contributed by atoms with van der Waals surface area (Å²) in [6.45, 7) is 0.0769. The predicted molar refractivity (Wildman–Crippen MR) is 61.0 cm³/mol. The molecule has 0 radical (unpaired) electrons. The lowest BCUT2D eigenvalue weighted by Crippen LogP contribution is -2.20. The summed E-state index contributed by atoms with van der Waals surface area (Å²) in [6.07, 6.45) is 1.04. The van der Waals surface area contributed by atoms with Gasteiger partial charge in [0.25, 0.3) is 5.56 Å². The Morgan fingerprint density at radius 2 is 2.29 bits per heavy atom. The maximum Gasteiger partial charge on any atom is 0.357 e. The zero-order valence-corrected chi connectivity index (χ0v) is 10.0. The van der Waals surface area contributed by atoms with Gasteiger partial charge in [-0.25, -0.2) is 9.78 Å². The average molecular weight is 299 g/mol. The molecule has 88 valence electrons. The minimum atomic E-state index is -1.17. The van der Waals surface area contributed by atoms with Crippen molar-refractivity contribution in [2.24, 2.45) is 0 Å². The van der Waals surface area contributed by atoms with Gasteiger partial charge in [0, 0.05) is 6.07 Å². The van der Waals surface area contributed by atoms with E-state index in [2.05, 4.69) is 20.9 Å². The van der Waals surface area contributed by atoms with Gasteiger partial charge in [-0.05, 0) is 22.0 Å². The monoisotopic (exact) mass is 298 g/mol. The first-order valence-corrected chi connectivity index (χ1v) is 5.40. The Balaban J connectivity index is 2.32. The van der Waals surface area contributed by atoms with E-state index >= 15 is 0 Å². The van der Waals surface area contributed by atoms with Gasteiger partial charge >= 0.3 is 5.97 Å². The lowest BCUT2D eigenvalue weighted by molar-refractivity contribution is 0.0690. The SMILES string of the molecule is O=C(O)c1coc(Cn2c(Br)cccc2=O)n1. The summed E-state index contributed by atoms with van der Waals surface area (Å²) < 4.78 is 6.91. The number of carbonyl (C=O) groups is 1. The van der Waals surface area contributed by atoms with Crippen LogP contribution in [0.25, 0.3) is 0 Å². The highest BCUT2D eigenvalue weighted by Crippen LogP contribution is 2.09. The summed E-state index contributed by atoms with van der Waals surface area (Å²) in [4.78, 5) is 25.9. The molecule has 0 unspecified atom stereocenters. The molecule has 17 heavy (non-hydrogen) atoms. The molecule has 0 aromatic carbocycles. The van der Waals surface area contributed by atoms with E-state index in [1.54, 1.807) is 12.1 Å². The van der Waals surface area contributed by atoms with Gasteiger partial charge in [0.1, 0.15) is 12.8 Å². The van der Waals surface area contributed by atoms with Crippen LogP contribution in [0, 0.1) is 0 Å². The number of aromatic carboxylic acids is 1. The fourth-order valence-corrected chi connectivity index (χ4v) is 1.72. The van der Waals surface area contributed by atoms with Crippen LogP contribution in [-0.4, -0.2) is 20.6 Å². The van der Waals surface area contributed by atoms with Crippen molar-refractivity contribution < 1.29 is 14.3 Å². The summed E-state index contributed by atoms with van der Waals surface area (Å²) >= 11 is 3.22. The van der Waals surface area contributed by atoms with E-state index in [1.165, 1.54) is 10.6 Å². The van der Waals surface area contributed by atoms with E-state index in [0.717, 1.165) is 6.26 Å². The largest absolute Gasteiger partial charge is 0.476 e. The third-order valence-corrected chi connectivity index (χ3v) is 2.75. The van der Waals surface area contributed by atoms with Gasteiger partial charge in [-0.3, -0.25) is 9.36 Å². The number of halogens is 1. The van der Waals surface area contributed by atoms with Crippen LogP contribution in [0.5, 0.6) is 0 Å². The minimum absolute atomic E-state index is 0.0769. The van der Waals surface area contributed by atoms with E-state index < -0.39 is 5.97 Å². The average Bonchev–Trinajstić information content (AvgIpc) is 2.72. The Morgan fingerprint density at radius 3 is 2.88 bits per heavy atom. The fraction of sp³-hybridized carbons (Fsp3) is 0.100. The maximum absolute atomic E-state index is 11.5. The predicted octanol–water partition coefficient (Wildman–Crippen LogP) is 1.35. The van der Waals surface area contributed by atoms with Crippen molar-refractivity contribution in [3.05, 3.63) is 51.0 Å². The zero-order valence-electron chi connectivity index (χ0n) is 8.46. The molecule has 0 aliphatic carbocycles. The molecule has 0 saturated heterocycles. The molecule has 0 atom stereocenters. The lowest BCUT2D eigenvalue weighted by Gasteiger charge is -2.04. The fourth-order valence-electron chi connectivity index (χ4n) is 1.27. The van der Waals surface area contributed by atoms with Gasteiger partial charge < -0.3 is 9.52 Å². The van der Waals surface area contributed by atoms with E-state index in [4.69, 9.17) is 9.52 Å². The molecule has 2 aromatic heterocycles. The summed E-state index contributed by atoms with van der Waals surface area (Å²) in [5.41, 5.74) is -0.408. The van der Waals surface area contributed by atoms with Crippen molar-refractivity contribution in [2.75, 3.05) is 0 Å². The molecule has 2 aromatic rings. The van der Waals surface area contributed by atoms with Crippen LogP contribution in [0.3, 0.4) is 0 Å².